The van der Waals surface area contributed by atoms with Crippen LogP contribution in [0.3, 0.4) is 0 Å². The van der Waals surface area contributed by atoms with Crippen molar-refractivity contribution < 1.29 is 19.8 Å². The van der Waals surface area contributed by atoms with Gasteiger partial charge in [-0.25, -0.2) is 4.79 Å². The van der Waals surface area contributed by atoms with E-state index in [1.165, 1.54) is 18.2 Å². The van der Waals surface area contributed by atoms with Gasteiger partial charge in [0.15, 0.2) is 0 Å². The van der Waals surface area contributed by atoms with Crippen LogP contribution >= 0.6 is 0 Å². The number of hydrogen-bond donors (Lipinski definition) is 4. The normalized spacial score (nSPS) is 18.8. The molecule has 0 saturated carbocycles. The summed E-state index contributed by atoms with van der Waals surface area (Å²) in [5.74, 6) is -1.50. The van der Waals surface area contributed by atoms with Crippen LogP contribution in [0, 0.1) is 0 Å². The maximum Gasteiger partial charge on any atom is 0.335 e. The Hall–Kier alpha value is -2.08. The molecule has 1 aliphatic rings. The summed E-state index contributed by atoms with van der Waals surface area (Å²) < 4.78 is 0. The number of benzene rings is 1. The maximum atomic E-state index is 12.0. The van der Waals surface area contributed by atoms with Crippen molar-refractivity contribution in [3.63, 3.8) is 0 Å². The first kappa shape index (κ1) is 13.4. The van der Waals surface area contributed by atoms with Gasteiger partial charge in [-0.15, -0.1) is 0 Å². The van der Waals surface area contributed by atoms with E-state index in [1.807, 2.05) is 0 Å². The standard InChI is InChI=1S/C13H16N2O4/c16-11-5-4-8(13(18)19)7-10(11)15-12(17)9-3-1-2-6-14-9/h4-5,7,9,14,16H,1-3,6H2,(H,15,17)(H,18,19)/t9-/m1/s1. The van der Waals surface area contributed by atoms with Gasteiger partial charge < -0.3 is 20.8 Å². The van der Waals surface area contributed by atoms with Crippen molar-refractivity contribution in [3.05, 3.63) is 23.8 Å². The Bertz CT molecular complexity index is 495. The highest BCUT2D eigenvalue weighted by Crippen LogP contribution is 2.24. The zero-order valence-corrected chi connectivity index (χ0v) is 10.3. The lowest BCUT2D eigenvalue weighted by Gasteiger charge is -2.22. The molecule has 0 aromatic heterocycles. The summed E-state index contributed by atoms with van der Waals surface area (Å²) in [6.07, 6.45) is 2.76. The number of carbonyl (C=O) groups excluding carboxylic acids is 1. The third kappa shape index (κ3) is 3.23. The summed E-state index contributed by atoms with van der Waals surface area (Å²) >= 11 is 0. The molecule has 0 bridgehead atoms. The number of phenolic OH excluding ortho intramolecular Hbond substituents is 1. The average Bonchev–Trinajstić information content (AvgIpc) is 2.42. The summed E-state index contributed by atoms with van der Waals surface area (Å²) in [4.78, 5) is 22.8. The molecular formula is C13H16N2O4. The SMILES string of the molecule is O=C(O)c1ccc(O)c(NC(=O)[C@H]2CCCCN2)c1. The minimum atomic E-state index is -1.11. The van der Waals surface area contributed by atoms with Gasteiger partial charge in [0.2, 0.25) is 5.91 Å². The molecule has 1 aromatic rings. The Morgan fingerprint density at radius 1 is 1.32 bits per heavy atom. The van der Waals surface area contributed by atoms with Crippen LogP contribution in [0.5, 0.6) is 5.75 Å². The van der Waals surface area contributed by atoms with Gasteiger partial charge in [0.25, 0.3) is 0 Å². The van der Waals surface area contributed by atoms with Crippen molar-refractivity contribution in [1.82, 2.24) is 5.32 Å². The summed E-state index contributed by atoms with van der Waals surface area (Å²) in [5.41, 5.74) is 0.141. The molecule has 6 heteroatoms. The highest BCUT2D eigenvalue weighted by Gasteiger charge is 2.21. The molecule has 4 N–H and O–H groups in total. The van der Waals surface area contributed by atoms with Crippen LogP contribution in [0.2, 0.25) is 0 Å². The number of anilines is 1. The van der Waals surface area contributed by atoms with Gasteiger partial charge in [-0.3, -0.25) is 4.79 Å². The second-order valence-corrected chi connectivity index (χ2v) is 4.53. The van der Waals surface area contributed by atoms with Crippen LogP contribution in [-0.4, -0.2) is 34.7 Å². The van der Waals surface area contributed by atoms with Gasteiger partial charge in [0, 0.05) is 0 Å². The topological polar surface area (TPSA) is 98.7 Å². The van der Waals surface area contributed by atoms with E-state index in [-0.39, 0.29) is 28.9 Å². The number of aromatic carboxylic acids is 1. The van der Waals surface area contributed by atoms with Gasteiger partial charge >= 0.3 is 5.97 Å². The Labute approximate surface area is 110 Å². The van der Waals surface area contributed by atoms with E-state index in [9.17, 15) is 14.7 Å². The van der Waals surface area contributed by atoms with Crippen molar-refractivity contribution in [2.24, 2.45) is 0 Å². The molecule has 0 aliphatic carbocycles. The number of carboxylic acids is 1. The van der Waals surface area contributed by atoms with Crippen LogP contribution in [0.15, 0.2) is 18.2 Å². The van der Waals surface area contributed by atoms with E-state index in [0.29, 0.717) is 0 Å². The minimum absolute atomic E-state index is 0.0182. The minimum Gasteiger partial charge on any atom is -0.506 e. The highest BCUT2D eigenvalue weighted by molar-refractivity contribution is 5.98. The molecule has 19 heavy (non-hydrogen) atoms. The zero-order chi connectivity index (χ0) is 13.8. The van der Waals surface area contributed by atoms with Gasteiger partial charge in [0.1, 0.15) is 5.75 Å². The number of carboxylic acid groups (broad SMARTS) is 1. The molecular weight excluding hydrogens is 248 g/mol. The summed E-state index contributed by atoms with van der Waals surface area (Å²) in [6, 6.07) is 3.50. The fourth-order valence-corrected chi connectivity index (χ4v) is 2.06. The number of hydrogen-bond acceptors (Lipinski definition) is 4. The molecule has 1 amide bonds. The smallest absolute Gasteiger partial charge is 0.335 e. The summed E-state index contributed by atoms with van der Waals surface area (Å²) in [5, 5.41) is 24.2. The van der Waals surface area contributed by atoms with E-state index in [1.54, 1.807) is 0 Å². The lowest BCUT2D eigenvalue weighted by atomic mass is 10.0. The number of amides is 1. The van der Waals surface area contributed by atoms with Gasteiger partial charge in [-0.05, 0) is 37.6 Å². The van der Waals surface area contributed by atoms with E-state index in [2.05, 4.69) is 10.6 Å². The Balaban J connectivity index is 2.11. The molecule has 0 spiro atoms. The van der Waals surface area contributed by atoms with E-state index < -0.39 is 5.97 Å². The van der Waals surface area contributed by atoms with E-state index >= 15 is 0 Å². The monoisotopic (exact) mass is 264 g/mol. The predicted octanol–water partition coefficient (Wildman–Crippen LogP) is 1.17. The quantitative estimate of drug-likeness (QED) is 0.614. The first-order valence-electron chi connectivity index (χ1n) is 6.18. The van der Waals surface area contributed by atoms with Crippen LogP contribution in [0.25, 0.3) is 0 Å². The molecule has 1 heterocycles. The summed E-state index contributed by atoms with van der Waals surface area (Å²) in [7, 11) is 0. The molecule has 1 fully saturated rings. The fraction of sp³-hybridized carbons (Fsp3) is 0.385. The second-order valence-electron chi connectivity index (χ2n) is 4.53. The van der Waals surface area contributed by atoms with E-state index in [4.69, 9.17) is 5.11 Å². The largest absolute Gasteiger partial charge is 0.506 e. The number of aromatic hydroxyl groups is 1. The lowest BCUT2D eigenvalue weighted by molar-refractivity contribution is -0.118. The number of piperidine rings is 1. The Morgan fingerprint density at radius 3 is 2.74 bits per heavy atom. The van der Waals surface area contributed by atoms with Crippen LogP contribution in [-0.2, 0) is 4.79 Å². The lowest BCUT2D eigenvalue weighted by Crippen LogP contribution is -2.43. The fourth-order valence-electron chi connectivity index (χ4n) is 2.06. The van der Waals surface area contributed by atoms with Crippen molar-refractivity contribution in [3.8, 4) is 5.75 Å². The second kappa shape index (κ2) is 5.71. The number of rotatable bonds is 3. The average molecular weight is 264 g/mol. The third-order valence-electron chi connectivity index (χ3n) is 3.13. The molecule has 6 nitrogen and oxygen atoms in total. The number of nitrogens with one attached hydrogen (secondary N) is 2. The molecule has 1 aromatic carbocycles. The van der Waals surface area contributed by atoms with E-state index in [0.717, 1.165) is 25.8 Å². The molecule has 1 aliphatic heterocycles. The van der Waals surface area contributed by atoms with Crippen molar-refractivity contribution in [2.75, 3.05) is 11.9 Å². The first-order valence-corrected chi connectivity index (χ1v) is 6.18. The van der Waals surface area contributed by atoms with Crippen molar-refractivity contribution in [1.29, 1.82) is 0 Å². The molecule has 2 rings (SSSR count). The van der Waals surface area contributed by atoms with Crippen molar-refractivity contribution >= 4 is 17.6 Å². The third-order valence-corrected chi connectivity index (χ3v) is 3.13. The number of carbonyl (C=O) groups is 2. The molecule has 0 radical (unpaired) electrons. The maximum absolute atomic E-state index is 12.0. The predicted molar refractivity (Wildman–Crippen MR) is 69.3 cm³/mol. The van der Waals surface area contributed by atoms with Crippen molar-refractivity contribution in [2.45, 2.75) is 25.3 Å². The first-order chi connectivity index (χ1) is 9.08. The zero-order valence-electron chi connectivity index (χ0n) is 10.3. The van der Waals surface area contributed by atoms with Crippen LogP contribution in [0.4, 0.5) is 5.69 Å². The Morgan fingerprint density at radius 2 is 2.11 bits per heavy atom. The van der Waals surface area contributed by atoms with Crippen LogP contribution in [0.1, 0.15) is 29.6 Å². The highest BCUT2D eigenvalue weighted by atomic mass is 16.4. The molecule has 1 atom stereocenters. The van der Waals surface area contributed by atoms with Crippen LogP contribution < -0.4 is 10.6 Å². The molecule has 1 saturated heterocycles. The number of phenols is 1. The van der Waals surface area contributed by atoms with Gasteiger partial charge in [0.05, 0.1) is 17.3 Å². The van der Waals surface area contributed by atoms with Gasteiger partial charge in [-0.1, -0.05) is 6.42 Å². The summed E-state index contributed by atoms with van der Waals surface area (Å²) in [6.45, 7) is 0.791. The van der Waals surface area contributed by atoms with Gasteiger partial charge in [-0.2, -0.15) is 0 Å². The molecule has 102 valence electrons. The Kier molecular flexibility index (Phi) is 4.01. The molecule has 0 unspecified atom stereocenters.